The summed E-state index contributed by atoms with van der Waals surface area (Å²) in [6, 6.07) is 5.85. The van der Waals surface area contributed by atoms with Crippen LogP contribution < -0.4 is 16.4 Å². The van der Waals surface area contributed by atoms with Gasteiger partial charge in [0.15, 0.2) is 5.82 Å². The highest BCUT2D eigenvalue weighted by Gasteiger charge is 2.20. The quantitative estimate of drug-likeness (QED) is 0.623. The first kappa shape index (κ1) is 21.3. The van der Waals surface area contributed by atoms with Crippen LogP contribution in [0.25, 0.3) is 11.3 Å². The van der Waals surface area contributed by atoms with E-state index in [1.165, 1.54) is 6.20 Å². The van der Waals surface area contributed by atoms with E-state index >= 15 is 0 Å². The minimum Gasteiger partial charge on any atom is -0.381 e. The normalized spacial score (nSPS) is 22.6. The van der Waals surface area contributed by atoms with Crippen molar-refractivity contribution in [1.29, 1.82) is 0 Å². The summed E-state index contributed by atoms with van der Waals surface area (Å²) in [5, 5.41) is 7.18. The molecule has 162 valence electrons. The molecule has 1 aliphatic heterocycles. The van der Waals surface area contributed by atoms with Gasteiger partial charge < -0.3 is 21.1 Å². The van der Waals surface area contributed by atoms with Crippen molar-refractivity contribution in [3.05, 3.63) is 35.2 Å². The van der Waals surface area contributed by atoms with Crippen molar-refractivity contribution in [3.63, 3.8) is 0 Å². The smallest absolute Gasteiger partial charge is 0.151 e. The zero-order valence-corrected chi connectivity index (χ0v) is 17.8. The van der Waals surface area contributed by atoms with Crippen molar-refractivity contribution in [2.75, 3.05) is 30.4 Å². The maximum absolute atomic E-state index is 14.6. The van der Waals surface area contributed by atoms with Gasteiger partial charge in [-0.05, 0) is 62.6 Å². The van der Waals surface area contributed by atoms with Crippen LogP contribution in [0.5, 0.6) is 0 Å². The highest BCUT2D eigenvalue weighted by molar-refractivity contribution is 6.33. The molecule has 2 fully saturated rings. The zero-order chi connectivity index (χ0) is 20.9. The van der Waals surface area contributed by atoms with Crippen LogP contribution in [0.3, 0.4) is 0 Å². The highest BCUT2D eigenvalue weighted by atomic mass is 35.5. The molecule has 2 aromatic heterocycles. The molecule has 0 atom stereocenters. The molecule has 4 N–H and O–H groups in total. The van der Waals surface area contributed by atoms with Crippen LogP contribution in [0.1, 0.15) is 38.5 Å². The van der Waals surface area contributed by atoms with E-state index in [2.05, 4.69) is 20.6 Å². The topological polar surface area (TPSA) is 85.1 Å². The molecule has 0 amide bonds. The summed E-state index contributed by atoms with van der Waals surface area (Å²) in [6.45, 7) is 2.42. The summed E-state index contributed by atoms with van der Waals surface area (Å²) in [5.74, 6) is 1.43. The molecule has 1 saturated carbocycles. The van der Waals surface area contributed by atoms with Gasteiger partial charge in [-0.1, -0.05) is 11.6 Å². The molecule has 2 aromatic rings. The van der Waals surface area contributed by atoms with Crippen LogP contribution in [0, 0.1) is 11.7 Å². The molecule has 0 spiro atoms. The van der Waals surface area contributed by atoms with Crippen LogP contribution in [-0.4, -0.2) is 41.8 Å². The van der Waals surface area contributed by atoms with Crippen molar-refractivity contribution < 1.29 is 9.13 Å². The molecule has 1 aliphatic carbocycles. The van der Waals surface area contributed by atoms with E-state index in [1.807, 2.05) is 6.07 Å². The van der Waals surface area contributed by atoms with Crippen molar-refractivity contribution in [2.24, 2.45) is 11.7 Å². The summed E-state index contributed by atoms with van der Waals surface area (Å²) in [5.41, 5.74) is 6.75. The van der Waals surface area contributed by atoms with Gasteiger partial charge in [0.05, 0.1) is 16.9 Å². The zero-order valence-electron chi connectivity index (χ0n) is 17.0. The number of aromatic nitrogens is 2. The Bertz CT molecular complexity index is 853. The van der Waals surface area contributed by atoms with E-state index in [1.54, 1.807) is 12.1 Å². The van der Waals surface area contributed by atoms with Crippen molar-refractivity contribution in [2.45, 2.75) is 50.6 Å². The first-order valence-corrected chi connectivity index (χ1v) is 11.1. The average molecular weight is 434 g/mol. The molecular formula is C22H29ClFN5O. The Kier molecular flexibility index (Phi) is 7.02. The molecule has 0 aromatic carbocycles. The highest BCUT2D eigenvalue weighted by Crippen LogP contribution is 2.31. The van der Waals surface area contributed by atoms with Gasteiger partial charge in [-0.25, -0.2) is 14.4 Å². The van der Waals surface area contributed by atoms with Crippen LogP contribution in [0.15, 0.2) is 24.4 Å². The standard InChI is InChI=1S/C22H29ClFN5O/c23-18-5-6-20(26-12-14-7-9-30-10-8-14)29-22(18)17-11-21(27-13-19(17)24)28-16-3-1-15(25)2-4-16/h5-6,11,13-16H,1-4,7-10,12,25H2,(H,26,29)(H,27,28). The van der Waals surface area contributed by atoms with Gasteiger partial charge in [-0.2, -0.15) is 0 Å². The van der Waals surface area contributed by atoms with E-state index in [-0.39, 0.29) is 6.04 Å². The maximum atomic E-state index is 14.6. The monoisotopic (exact) mass is 433 g/mol. The second kappa shape index (κ2) is 9.90. The van der Waals surface area contributed by atoms with Crippen molar-refractivity contribution in [3.8, 4) is 11.3 Å². The van der Waals surface area contributed by atoms with Crippen LogP contribution >= 0.6 is 11.6 Å². The molecule has 0 radical (unpaired) electrons. The fourth-order valence-corrected chi connectivity index (χ4v) is 4.31. The van der Waals surface area contributed by atoms with E-state index in [0.29, 0.717) is 39.9 Å². The summed E-state index contributed by atoms with van der Waals surface area (Å²) in [4.78, 5) is 8.81. The van der Waals surface area contributed by atoms with Gasteiger partial charge in [-0.15, -0.1) is 0 Å². The van der Waals surface area contributed by atoms with Gasteiger partial charge in [0.1, 0.15) is 11.6 Å². The molecule has 6 nitrogen and oxygen atoms in total. The minimum absolute atomic E-state index is 0.277. The second-order valence-electron chi connectivity index (χ2n) is 8.27. The average Bonchev–Trinajstić information content (AvgIpc) is 2.77. The molecular weight excluding hydrogens is 405 g/mol. The predicted octanol–water partition coefficient (Wildman–Crippen LogP) is 4.46. The van der Waals surface area contributed by atoms with Gasteiger partial charge in [0.25, 0.3) is 0 Å². The maximum Gasteiger partial charge on any atom is 0.151 e. The lowest BCUT2D eigenvalue weighted by atomic mass is 9.92. The molecule has 0 bridgehead atoms. The number of ether oxygens (including phenoxy) is 1. The Morgan fingerprint density at radius 2 is 1.87 bits per heavy atom. The first-order chi connectivity index (χ1) is 14.6. The third-order valence-corrected chi connectivity index (χ3v) is 6.30. The first-order valence-electron chi connectivity index (χ1n) is 10.7. The Hall–Kier alpha value is -1.96. The summed E-state index contributed by atoms with van der Waals surface area (Å²) in [7, 11) is 0. The Morgan fingerprint density at radius 1 is 1.10 bits per heavy atom. The molecule has 30 heavy (non-hydrogen) atoms. The molecule has 1 saturated heterocycles. The second-order valence-corrected chi connectivity index (χ2v) is 8.68. The van der Waals surface area contributed by atoms with E-state index in [9.17, 15) is 4.39 Å². The number of pyridine rings is 2. The molecule has 4 rings (SSSR count). The molecule has 2 aliphatic rings. The summed E-state index contributed by atoms with van der Waals surface area (Å²) < 4.78 is 20.0. The fourth-order valence-electron chi connectivity index (χ4n) is 4.10. The Balaban J connectivity index is 1.49. The predicted molar refractivity (Wildman–Crippen MR) is 118 cm³/mol. The molecule has 3 heterocycles. The number of hydrogen-bond acceptors (Lipinski definition) is 6. The fraction of sp³-hybridized carbons (Fsp3) is 0.545. The van der Waals surface area contributed by atoms with E-state index in [4.69, 9.17) is 22.1 Å². The van der Waals surface area contributed by atoms with E-state index < -0.39 is 5.82 Å². The lowest BCUT2D eigenvalue weighted by Crippen LogP contribution is -2.33. The number of nitrogens with one attached hydrogen (secondary N) is 2. The van der Waals surface area contributed by atoms with Crippen molar-refractivity contribution >= 4 is 23.2 Å². The number of hydrogen-bond donors (Lipinski definition) is 3. The van der Waals surface area contributed by atoms with Gasteiger partial charge >= 0.3 is 0 Å². The van der Waals surface area contributed by atoms with Gasteiger partial charge in [0.2, 0.25) is 0 Å². The third-order valence-electron chi connectivity index (χ3n) is 5.99. The summed E-state index contributed by atoms with van der Waals surface area (Å²) >= 11 is 6.38. The lowest BCUT2D eigenvalue weighted by Gasteiger charge is -2.27. The molecule has 8 heteroatoms. The Labute approximate surface area is 181 Å². The third kappa shape index (κ3) is 5.39. The lowest BCUT2D eigenvalue weighted by molar-refractivity contribution is 0.0699. The minimum atomic E-state index is -0.442. The number of rotatable bonds is 6. The number of nitrogens with zero attached hydrogens (tertiary/aromatic N) is 2. The largest absolute Gasteiger partial charge is 0.381 e. The van der Waals surface area contributed by atoms with Crippen molar-refractivity contribution in [1.82, 2.24) is 9.97 Å². The molecule has 0 unspecified atom stereocenters. The SMILES string of the molecule is NC1CCC(Nc2cc(-c3nc(NCC4CCOCC4)ccc3Cl)c(F)cn2)CC1. The van der Waals surface area contributed by atoms with Crippen LogP contribution in [0.4, 0.5) is 16.0 Å². The number of halogens is 2. The summed E-state index contributed by atoms with van der Waals surface area (Å²) in [6.07, 6.45) is 7.24. The van der Waals surface area contributed by atoms with Crippen LogP contribution in [0.2, 0.25) is 5.02 Å². The van der Waals surface area contributed by atoms with Gasteiger partial charge in [-0.3, -0.25) is 0 Å². The van der Waals surface area contributed by atoms with Crippen LogP contribution in [-0.2, 0) is 4.74 Å². The number of anilines is 2. The van der Waals surface area contributed by atoms with Gasteiger partial charge in [0, 0.05) is 37.4 Å². The number of nitrogens with two attached hydrogens (primary N) is 1. The van der Waals surface area contributed by atoms with E-state index in [0.717, 1.165) is 58.3 Å². The Morgan fingerprint density at radius 3 is 2.63 bits per heavy atom.